The van der Waals surface area contributed by atoms with E-state index < -0.39 is 0 Å². The van der Waals surface area contributed by atoms with E-state index in [0.717, 1.165) is 10.0 Å². The number of hydrogen-bond acceptors (Lipinski definition) is 2. The molecule has 0 bridgehead atoms. The lowest BCUT2D eigenvalue weighted by atomic mass is 10.4. The molecule has 2 nitrogen and oxygen atoms in total. The molecular formula is C4H13NOSi. The molecule has 0 spiro atoms. The fourth-order valence-electron chi connectivity index (χ4n) is 0. The van der Waals surface area contributed by atoms with Gasteiger partial charge in [-0.05, 0) is 0 Å². The van der Waals surface area contributed by atoms with Gasteiger partial charge in [-0.3, -0.25) is 0 Å². The highest BCUT2D eigenvalue weighted by atomic mass is 28.1. The Morgan fingerprint density at radius 3 is 1.57 bits per heavy atom. The zero-order valence-electron chi connectivity index (χ0n) is 5.02. The van der Waals surface area contributed by atoms with Gasteiger partial charge in [-0.2, -0.15) is 4.80 Å². The number of hydrogen-bond donors (Lipinski definition) is 1. The molecule has 0 aliphatic rings. The average Bonchev–Trinajstić information content (AvgIpc) is 1.69. The molecule has 3 heteroatoms. The van der Waals surface area contributed by atoms with Crippen molar-refractivity contribution in [3.8, 4) is 0 Å². The van der Waals surface area contributed by atoms with Crippen LogP contribution in [0, 0.1) is 0 Å². The summed E-state index contributed by atoms with van der Waals surface area (Å²) < 4.78 is 0. The van der Waals surface area contributed by atoms with E-state index in [1.165, 1.54) is 12.8 Å². The summed E-state index contributed by atoms with van der Waals surface area (Å²) in [7, 11) is 1.15. The summed E-state index contributed by atoms with van der Waals surface area (Å²) in [5.41, 5.74) is 0. The van der Waals surface area contributed by atoms with E-state index in [2.05, 4.69) is 18.6 Å². The molecule has 44 valence electrons. The Morgan fingerprint density at radius 1 is 1.43 bits per heavy atom. The highest BCUT2D eigenvalue weighted by Gasteiger charge is 1.56. The Labute approximate surface area is 47.7 Å². The van der Waals surface area contributed by atoms with Crippen molar-refractivity contribution in [2.75, 3.05) is 0 Å². The van der Waals surface area contributed by atoms with Crippen LogP contribution in [0.4, 0.5) is 0 Å². The van der Waals surface area contributed by atoms with Crippen molar-refractivity contribution in [2.24, 2.45) is 4.80 Å². The van der Waals surface area contributed by atoms with Crippen molar-refractivity contribution in [1.82, 2.24) is 0 Å². The second kappa shape index (κ2) is 17.0. The SMILES string of the molecule is CCCC.ON=[SiH2]. The number of nitrogens with zero attached hydrogens (tertiary/aromatic N) is 1. The van der Waals surface area contributed by atoms with Crippen LogP contribution < -0.4 is 0 Å². The molecule has 0 aliphatic carbocycles. The van der Waals surface area contributed by atoms with Gasteiger partial charge in [0.05, 0.1) is 0 Å². The van der Waals surface area contributed by atoms with Crippen LogP contribution in [0.5, 0.6) is 0 Å². The van der Waals surface area contributed by atoms with Crippen LogP contribution in [0.1, 0.15) is 26.7 Å². The molecule has 7 heavy (non-hydrogen) atoms. The minimum atomic E-state index is 1.15. The summed E-state index contributed by atoms with van der Waals surface area (Å²) in [6.45, 7) is 4.36. The monoisotopic (exact) mass is 119 g/mol. The van der Waals surface area contributed by atoms with E-state index in [9.17, 15) is 0 Å². The number of unbranched alkanes of at least 4 members (excludes halogenated alkanes) is 1. The molecule has 0 aromatic carbocycles. The van der Waals surface area contributed by atoms with Gasteiger partial charge >= 0.3 is 0 Å². The standard InChI is InChI=1S/C4H10.H3NOSi/c1-3-4-2;2-1-3/h3-4H2,1-2H3;2H,3H2. The van der Waals surface area contributed by atoms with Crippen LogP contribution >= 0.6 is 0 Å². The molecule has 0 saturated heterocycles. The second-order valence-electron chi connectivity index (χ2n) is 1.14. The van der Waals surface area contributed by atoms with Gasteiger partial charge in [0, 0.05) is 0 Å². The van der Waals surface area contributed by atoms with Crippen molar-refractivity contribution in [3.63, 3.8) is 0 Å². The topological polar surface area (TPSA) is 32.6 Å². The van der Waals surface area contributed by atoms with Crippen LogP contribution in [-0.2, 0) is 0 Å². The summed E-state index contributed by atoms with van der Waals surface area (Å²) in [4.78, 5) is 2.53. The average molecular weight is 119 g/mol. The molecule has 0 saturated carbocycles. The molecular weight excluding hydrogens is 106 g/mol. The van der Waals surface area contributed by atoms with Crippen molar-refractivity contribution < 1.29 is 5.21 Å². The van der Waals surface area contributed by atoms with Crippen molar-refractivity contribution >= 4 is 10.0 Å². The van der Waals surface area contributed by atoms with Gasteiger partial charge in [-0.15, -0.1) is 0 Å². The highest BCUT2D eigenvalue weighted by Crippen LogP contribution is 1.76. The van der Waals surface area contributed by atoms with Crippen molar-refractivity contribution in [3.05, 3.63) is 0 Å². The van der Waals surface area contributed by atoms with E-state index in [4.69, 9.17) is 5.21 Å². The van der Waals surface area contributed by atoms with Crippen LogP contribution in [0.25, 0.3) is 0 Å². The van der Waals surface area contributed by atoms with E-state index in [0.29, 0.717) is 0 Å². The molecule has 0 radical (unpaired) electrons. The number of rotatable bonds is 1. The predicted molar refractivity (Wildman–Crippen MR) is 33.3 cm³/mol. The molecule has 0 atom stereocenters. The predicted octanol–water partition coefficient (Wildman–Crippen LogP) is 0.999. The van der Waals surface area contributed by atoms with E-state index in [1.54, 1.807) is 0 Å². The molecule has 0 unspecified atom stereocenters. The van der Waals surface area contributed by atoms with Gasteiger partial charge in [0.25, 0.3) is 0 Å². The molecule has 0 heterocycles. The molecule has 0 rings (SSSR count). The summed E-state index contributed by atoms with van der Waals surface area (Å²) in [6.07, 6.45) is 2.64. The fraction of sp³-hybridized carbons (Fsp3) is 1.00. The quantitative estimate of drug-likeness (QED) is 0.405. The molecule has 0 fully saturated rings. The first kappa shape index (κ1) is 9.94. The Hall–Kier alpha value is -0.183. The molecule has 0 amide bonds. The normalized spacial score (nSPS) is 6.00. The fourth-order valence-corrected chi connectivity index (χ4v) is 0. The Bertz CT molecular complexity index is 30.9. The minimum absolute atomic E-state index is 1.15. The molecule has 0 aliphatic heterocycles. The minimum Gasteiger partial charge on any atom is -0.422 e. The molecule has 0 aromatic rings. The third kappa shape index (κ3) is 127. The van der Waals surface area contributed by atoms with Crippen molar-refractivity contribution in [2.45, 2.75) is 26.7 Å². The summed E-state index contributed by atoms with van der Waals surface area (Å²) >= 11 is 0. The zero-order chi connectivity index (χ0) is 6.12. The third-order valence-corrected chi connectivity index (χ3v) is 0.500. The molecule has 0 aromatic heterocycles. The van der Waals surface area contributed by atoms with E-state index in [-0.39, 0.29) is 0 Å². The highest BCUT2D eigenvalue weighted by molar-refractivity contribution is 5.91. The first-order valence-corrected chi connectivity index (χ1v) is 3.06. The maximum absolute atomic E-state index is 7.21. The van der Waals surface area contributed by atoms with Crippen molar-refractivity contribution in [1.29, 1.82) is 0 Å². The van der Waals surface area contributed by atoms with Crippen LogP contribution in [0.2, 0.25) is 0 Å². The summed E-state index contributed by atoms with van der Waals surface area (Å²) in [5, 5.41) is 7.21. The first-order valence-electron chi connectivity index (χ1n) is 2.43. The van der Waals surface area contributed by atoms with Gasteiger partial charge < -0.3 is 5.21 Å². The van der Waals surface area contributed by atoms with Crippen LogP contribution in [-0.4, -0.2) is 15.2 Å². The van der Waals surface area contributed by atoms with E-state index >= 15 is 0 Å². The summed E-state index contributed by atoms with van der Waals surface area (Å²) in [5.74, 6) is 0. The maximum Gasteiger partial charge on any atom is 0.148 e. The van der Waals surface area contributed by atoms with Gasteiger partial charge in [-0.1, -0.05) is 26.7 Å². The smallest absolute Gasteiger partial charge is 0.148 e. The lowest BCUT2D eigenvalue weighted by Gasteiger charge is -1.68. The lowest BCUT2D eigenvalue weighted by molar-refractivity contribution is 0.326. The first-order chi connectivity index (χ1) is 3.33. The van der Waals surface area contributed by atoms with Crippen LogP contribution in [0.15, 0.2) is 4.80 Å². The van der Waals surface area contributed by atoms with Gasteiger partial charge in [0.15, 0.2) is 0 Å². The van der Waals surface area contributed by atoms with Gasteiger partial charge in [-0.25, -0.2) is 0 Å². The Balaban J connectivity index is 0. The lowest BCUT2D eigenvalue weighted by Crippen LogP contribution is -1.47. The van der Waals surface area contributed by atoms with Gasteiger partial charge in [0.2, 0.25) is 0 Å². The second-order valence-corrected chi connectivity index (χ2v) is 1.42. The van der Waals surface area contributed by atoms with Crippen LogP contribution in [0.3, 0.4) is 0 Å². The Morgan fingerprint density at radius 2 is 1.57 bits per heavy atom. The van der Waals surface area contributed by atoms with E-state index in [1.807, 2.05) is 0 Å². The largest absolute Gasteiger partial charge is 0.422 e. The maximum atomic E-state index is 7.21. The summed E-state index contributed by atoms with van der Waals surface area (Å²) in [6, 6.07) is 0. The Kier molecular flexibility index (Phi) is 24.2. The van der Waals surface area contributed by atoms with Gasteiger partial charge in [0.1, 0.15) is 10.0 Å². The zero-order valence-corrected chi connectivity index (χ0v) is 6.43. The third-order valence-electron chi connectivity index (χ3n) is 0.500. The molecule has 1 N–H and O–H groups in total.